The summed E-state index contributed by atoms with van der Waals surface area (Å²) in [5.41, 5.74) is 1.63. The van der Waals surface area contributed by atoms with Gasteiger partial charge in [0.1, 0.15) is 18.0 Å². The summed E-state index contributed by atoms with van der Waals surface area (Å²) in [4.78, 5) is 0. The van der Waals surface area contributed by atoms with Gasteiger partial charge in [-0.3, -0.25) is 0 Å². The lowest BCUT2D eigenvalue weighted by Gasteiger charge is -2.06. The Morgan fingerprint density at radius 1 is 0.512 bits per heavy atom. The van der Waals surface area contributed by atoms with E-state index in [4.69, 9.17) is 9.47 Å². The number of rotatable bonds is 22. The van der Waals surface area contributed by atoms with Gasteiger partial charge in [0.25, 0.3) is 0 Å². The monoisotopic (exact) mass is 623 g/mol. The van der Waals surface area contributed by atoms with Crippen molar-refractivity contribution in [3.05, 3.63) is 79.1 Å². The molecule has 0 aliphatic carbocycles. The van der Waals surface area contributed by atoms with Gasteiger partial charge in [-0.1, -0.05) is 70.8 Å². The van der Waals surface area contributed by atoms with Gasteiger partial charge in [-0.25, -0.2) is 4.57 Å². The lowest BCUT2D eigenvalue weighted by atomic mass is 10.1. The number of nitrogens with zero attached hydrogens (tertiary/aromatic N) is 3. The maximum Gasteiger partial charge on any atom is 0.168 e. The van der Waals surface area contributed by atoms with E-state index in [1.165, 1.54) is 77.0 Å². The lowest BCUT2D eigenvalue weighted by Crippen LogP contribution is -3.00. The summed E-state index contributed by atoms with van der Waals surface area (Å²) >= 11 is 0. The first-order chi connectivity index (χ1) is 19.8. The molecule has 0 saturated carbocycles. The summed E-state index contributed by atoms with van der Waals surface area (Å²) < 4.78 is 14.0. The van der Waals surface area contributed by atoms with E-state index in [1.807, 2.05) is 48.5 Å². The largest absolute Gasteiger partial charge is 1.00 e. The third-order valence-electron chi connectivity index (χ3n) is 7.08. The number of hydrogen-bond donors (Lipinski definition) is 0. The quantitative estimate of drug-likeness (QED) is 0.0668. The van der Waals surface area contributed by atoms with Gasteiger partial charge in [-0.2, -0.15) is 10.2 Å². The summed E-state index contributed by atoms with van der Waals surface area (Å²) in [6, 6.07) is 21.9. The minimum atomic E-state index is 0. The van der Waals surface area contributed by atoms with E-state index < -0.39 is 0 Å². The second-order valence-electron chi connectivity index (χ2n) is 10.6. The molecule has 0 unspecified atom stereocenters. The van der Waals surface area contributed by atoms with Crippen molar-refractivity contribution in [3.63, 3.8) is 0 Å². The molecular weight excluding hydrogens is 574 g/mol. The average molecular weight is 625 g/mol. The smallest absolute Gasteiger partial charge is 0.168 e. The van der Waals surface area contributed by atoms with Crippen LogP contribution >= 0.6 is 0 Å². The zero-order valence-corrected chi connectivity index (χ0v) is 26.6. The lowest BCUT2D eigenvalue weighted by molar-refractivity contribution is -0.697. The Bertz CT molecular complexity index is 1040. The van der Waals surface area contributed by atoms with Gasteiger partial charge in [-0.15, -0.1) is 0 Å². The van der Waals surface area contributed by atoms with Crippen LogP contribution in [0.2, 0.25) is 0 Å². The number of unbranched alkanes of at least 4 members (excludes halogenated alkanes) is 12. The highest BCUT2D eigenvalue weighted by Crippen LogP contribution is 2.23. The van der Waals surface area contributed by atoms with E-state index in [0.717, 1.165) is 55.5 Å². The molecule has 224 valence electrons. The first kappa shape index (κ1) is 34.5. The maximum atomic E-state index is 5.90. The number of aromatic nitrogens is 1. The number of halogens is 1. The summed E-state index contributed by atoms with van der Waals surface area (Å²) in [6.45, 7) is 4.87. The summed E-state index contributed by atoms with van der Waals surface area (Å²) in [6.07, 6.45) is 22.3. The van der Waals surface area contributed by atoms with E-state index in [9.17, 15) is 0 Å². The topological polar surface area (TPSA) is 47.1 Å². The summed E-state index contributed by atoms with van der Waals surface area (Å²) in [5.74, 6) is 1.77. The molecular formula is C35H50BrN3O2. The molecule has 0 N–H and O–H groups in total. The number of benzene rings is 2. The van der Waals surface area contributed by atoms with Crippen LogP contribution in [0, 0.1) is 0 Å². The molecule has 0 radical (unpaired) electrons. The summed E-state index contributed by atoms with van der Waals surface area (Å²) in [5, 5.41) is 8.72. The van der Waals surface area contributed by atoms with E-state index in [0.29, 0.717) is 0 Å². The number of ether oxygens (including phenoxy) is 2. The number of pyridine rings is 1. The Morgan fingerprint density at radius 2 is 0.927 bits per heavy atom. The third kappa shape index (κ3) is 16.3. The molecule has 0 spiro atoms. The molecule has 0 saturated heterocycles. The Hall–Kier alpha value is -2.73. The number of azo groups is 1. The van der Waals surface area contributed by atoms with Crippen LogP contribution in [0.1, 0.15) is 96.8 Å². The van der Waals surface area contributed by atoms with Crippen molar-refractivity contribution in [2.24, 2.45) is 10.2 Å². The van der Waals surface area contributed by atoms with Gasteiger partial charge in [0.2, 0.25) is 0 Å². The highest BCUT2D eigenvalue weighted by molar-refractivity contribution is 5.44. The minimum Gasteiger partial charge on any atom is -1.00 e. The van der Waals surface area contributed by atoms with Crippen LogP contribution in [0.3, 0.4) is 0 Å². The highest BCUT2D eigenvalue weighted by Gasteiger charge is 2.00. The van der Waals surface area contributed by atoms with Crippen molar-refractivity contribution in [1.29, 1.82) is 0 Å². The van der Waals surface area contributed by atoms with Crippen LogP contribution in [0.25, 0.3) is 0 Å². The molecule has 0 amide bonds. The molecule has 1 aromatic heterocycles. The fraction of sp³-hybridized carbons (Fsp3) is 0.514. The Balaban J connectivity index is 0.00000588. The molecule has 1 heterocycles. The Morgan fingerprint density at radius 3 is 1.39 bits per heavy atom. The van der Waals surface area contributed by atoms with Gasteiger partial charge in [-0.05, 0) is 74.2 Å². The van der Waals surface area contributed by atoms with Crippen LogP contribution < -0.4 is 31.0 Å². The molecule has 2 aromatic carbocycles. The van der Waals surface area contributed by atoms with E-state index in [2.05, 4.69) is 52.3 Å². The van der Waals surface area contributed by atoms with Gasteiger partial charge in [0.05, 0.1) is 24.6 Å². The molecule has 6 heteroatoms. The average Bonchev–Trinajstić information content (AvgIpc) is 3.00. The van der Waals surface area contributed by atoms with Crippen molar-refractivity contribution in [3.8, 4) is 11.5 Å². The molecule has 3 rings (SSSR count). The van der Waals surface area contributed by atoms with Gasteiger partial charge >= 0.3 is 0 Å². The predicted molar refractivity (Wildman–Crippen MR) is 165 cm³/mol. The van der Waals surface area contributed by atoms with Crippen LogP contribution in [0.15, 0.2) is 89.4 Å². The van der Waals surface area contributed by atoms with Crippen LogP contribution in [0.5, 0.6) is 11.5 Å². The molecule has 41 heavy (non-hydrogen) atoms. The van der Waals surface area contributed by atoms with Crippen molar-refractivity contribution >= 4 is 11.4 Å². The van der Waals surface area contributed by atoms with Crippen LogP contribution in [0.4, 0.5) is 11.4 Å². The second kappa shape index (κ2) is 22.9. The van der Waals surface area contributed by atoms with E-state index in [-0.39, 0.29) is 17.0 Å². The molecule has 3 aromatic rings. The Labute approximate surface area is 259 Å². The van der Waals surface area contributed by atoms with Crippen molar-refractivity contribution in [2.45, 2.75) is 103 Å². The molecule has 0 bridgehead atoms. The maximum absolute atomic E-state index is 5.90. The van der Waals surface area contributed by atoms with Crippen LogP contribution in [-0.4, -0.2) is 13.2 Å². The zero-order valence-electron chi connectivity index (χ0n) is 25.1. The standard InChI is InChI=1S/C35H50N3O2.BrH/c1-2-3-4-5-6-7-8-9-11-17-30-39-34-23-19-32(20-24-34)36-37-33-21-25-35(26-22-33)40-31-18-12-10-14-27-38-28-15-13-16-29-38;/h13,15-16,19-26,28-29H,2-12,14,17-18,27,30-31H2,1H3;1H/q+1;/p-1. The van der Waals surface area contributed by atoms with Crippen LogP contribution in [-0.2, 0) is 6.54 Å². The molecule has 0 aliphatic rings. The number of aryl methyl sites for hydroxylation is 1. The van der Waals surface area contributed by atoms with Gasteiger partial charge in [0.15, 0.2) is 12.4 Å². The SMILES string of the molecule is CCCCCCCCCCCCOc1ccc(N=Nc2ccc(OCCCCCC[n+]3ccccc3)cc2)cc1.[Br-]. The molecule has 0 atom stereocenters. The second-order valence-corrected chi connectivity index (χ2v) is 10.6. The molecule has 0 aliphatic heterocycles. The molecule has 5 nitrogen and oxygen atoms in total. The fourth-order valence-corrected chi connectivity index (χ4v) is 4.64. The van der Waals surface area contributed by atoms with Crippen molar-refractivity contribution in [1.82, 2.24) is 0 Å². The zero-order chi connectivity index (χ0) is 27.9. The normalized spacial score (nSPS) is 11.0. The van der Waals surface area contributed by atoms with Gasteiger partial charge in [0, 0.05) is 18.6 Å². The highest BCUT2D eigenvalue weighted by atomic mass is 79.9. The minimum absolute atomic E-state index is 0. The first-order valence-electron chi connectivity index (χ1n) is 15.6. The fourth-order valence-electron chi connectivity index (χ4n) is 4.64. The van der Waals surface area contributed by atoms with Gasteiger partial charge < -0.3 is 26.5 Å². The molecule has 0 fully saturated rings. The van der Waals surface area contributed by atoms with Crippen molar-refractivity contribution < 1.29 is 31.0 Å². The van der Waals surface area contributed by atoms with Crippen molar-refractivity contribution in [2.75, 3.05) is 13.2 Å². The first-order valence-corrected chi connectivity index (χ1v) is 15.6. The Kier molecular flexibility index (Phi) is 19.3. The predicted octanol–water partition coefficient (Wildman–Crippen LogP) is 7.33. The van der Waals surface area contributed by atoms with E-state index >= 15 is 0 Å². The third-order valence-corrected chi connectivity index (χ3v) is 7.08. The summed E-state index contributed by atoms with van der Waals surface area (Å²) in [7, 11) is 0. The number of hydrogen-bond acceptors (Lipinski definition) is 4. The van der Waals surface area contributed by atoms with E-state index in [1.54, 1.807) is 0 Å².